The van der Waals surface area contributed by atoms with E-state index in [0.29, 0.717) is 11.0 Å². The van der Waals surface area contributed by atoms with Crippen LogP contribution in [0, 0.1) is 19.7 Å². The number of hydrogen-bond donors (Lipinski definition) is 2. The molecule has 0 aliphatic carbocycles. The number of nitrogen functional groups attached to an aromatic ring is 1. The van der Waals surface area contributed by atoms with Crippen LogP contribution in [0.4, 0.5) is 10.1 Å². The molecule has 1 atom stereocenters. The van der Waals surface area contributed by atoms with Crippen LogP contribution >= 0.6 is 23.4 Å². The minimum absolute atomic E-state index is 0.0498. The van der Waals surface area contributed by atoms with Crippen molar-refractivity contribution in [1.82, 2.24) is 14.9 Å². The van der Waals surface area contributed by atoms with Crippen molar-refractivity contribution in [3.63, 3.8) is 0 Å². The Bertz CT molecular complexity index is 1060. The zero-order valence-corrected chi connectivity index (χ0v) is 18.2. The van der Waals surface area contributed by atoms with Crippen molar-refractivity contribution >= 4 is 35.0 Å². The number of para-hydroxylation sites is 1. The number of rotatable bonds is 7. The second-order valence-electron chi connectivity index (χ2n) is 6.65. The monoisotopic (exact) mass is 449 g/mol. The fraction of sp³-hybridized carbons (Fsp3) is 0.250. The Balaban J connectivity index is 1.63. The lowest BCUT2D eigenvalue weighted by atomic mass is 10.1. The molecule has 0 saturated heterocycles. The van der Waals surface area contributed by atoms with Gasteiger partial charge in [0.1, 0.15) is 18.2 Å². The van der Waals surface area contributed by atoms with E-state index in [4.69, 9.17) is 22.2 Å². The summed E-state index contributed by atoms with van der Waals surface area (Å²) in [6, 6.07) is 9.91. The molecule has 1 amide bonds. The number of amides is 1. The highest BCUT2D eigenvalue weighted by atomic mass is 35.5. The summed E-state index contributed by atoms with van der Waals surface area (Å²) in [5.41, 5.74) is 2.06. The molecule has 0 fully saturated rings. The molecule has 0 spiro atoms. The van der Waals surface area contributed by atoms with E-state index in [2.05, 4.69) is 15.5 Å². The Morgan fingerprint density at radius 2 is 2.00 bits per heavy atom. The van der Waals surface area contributed by atoms with Gasteiger partial charge in [0.25, 0.3) is 0 Å². The molecule has 3 aromatic rings. The van der Waals surface area contributed by atoms with Gasteiger partial charge in [-0.2, -0.15) is 0 Å². The van der Waals surface area contributed by atoms with Crippen molar-refractivity contribution in [2.75, 3.05) is 11.2 Å². The van der Waals surface area contributed by atoms with Crippen LogP contribution in [-0.4, -0.2) is 26.0 Å². The van der Waals surface area contributed by atoms with Gasteiger partial charge in [-0.3, -0.25) is 4.79 Å². The smallest absolute Gasteiger partial charge is 0.237 e. The molecular weight excluding hydrogens is 429 g/mol. The van der Waals surface area contributed by atoms with Crippen LogP contribution in [0.2, 0.25) is 5.02 Å². The average Bonchev–Trinajstić information content (AvgIpc) is 3.03. The predicted molar refractivity (Wildman–Crippen MR) is 116 cm³/mol. The first-order valence-electron chi connectivity index (χ1n) is 9.07. The summed E-state index contributed by atoms with van der Waals surface area (Å²) in [4.78, 5) is 12.4. The summed E-state index contributed by atoms with van der Waals surface area (Å²) in [5, 5.41) is 10.6. The third-order valence-corrected chi connectivity index (χ3v) is 5.62. The van der Waals surface area contributed by atoms with Crippen LogP contribution < -0.4 is 15.9 Å². The summed E-state index contributed by atoms with van der Waals surface area (Å²) >= 11 is 6.83. The fourth-order valence-corrected chi connectivity index (χ4v) is 3.63. The Kier molecular flexibility index (Phi) is 6.84. The lowest BCUT2D eigenvalue weighted by Crippen LogP contribution is -2.24. The zero-order valence-electron chi connectivity index (χ0n) is 16.6. The summed E-state index contributed by atoms with van der Waals surface area (Å²) in [7, 11) is 0. The highest BCUT2D eigenvalue weighted by Crippen LogP contribution is 2.26. The van der Waals surface area contributed by atoms with Crippen LogP contribution in [0.25, 0.3) is 0 Å². The van der Waals surface area contributed by atoms with Crippen molar-refractivity contribution in [3.8, 4) is 5.75 Å². The Labute approximate surface area is 182 Å². The van der Waals surface area contributed by atoms with Gasteiger partial charge >= 0.3 is 0 Å². The van der Waals surface area contributed by atoms with E-state index in [1.807, 2.05) is 32.0 Å². The first-order valence-corrected chi connectivity index (χ1v) is 10.3. The Morgan fingerprint density at radius 3 is 2.67 bits per heavy atom. The second kappa shape index (κ2) is 9.36. The largest absolute Gasteiger partial charge is 0.485 e. The molecule has 0 saturated carbocycles. The van der Waals surface area contributed by atoms with E-state index in [1.165, 1.54) is 16.8 Å². The minimum Gasteiger partial charge on any atom is -0.485 e. The SMILES string of the molecule is Cc1cccc(C)c1OCc1nnc(SC(C)C(=O)Nc2ccc(Cl)cc2F)n1N. The van der Waals surface area contributed by atoms with Gasteiger partial charge in [-0.1, -0.05) is 41.6 Å². The molecule has 158 valence electrons. The number of hydrogen-bond acceptors (Lipinski definition) is 6. The molecule has 1 heterocycles. The van der Waals surface area contributed by atoms with E-state index in [-0.39, 0.29) is 17.3 Å². The number of thioether (sulfide) groups is 1. The quantitative estimate of drug-likeness (QED) is 0.416. The van der Waals surface area contributed by atoms with Gasteiger partial charge in [-0.15, -0.1) is 10.2 Å². The molecule has 0 radical (unpaired) electrons. The highest BCUT2D eigenvalue weighted by Gasteiger charge is 2.21. The number of aromatic nitrogens is 3. The molecule has 0 bridgehead atoms. The molecule has 7 nitrogen and oxygen atoms in total. The van der Waals surface area contributed by atoms with Gasteiger partial charge in [0.05, 0.1) is 10.9 Å². The Hall–Kier alpha value is -2.78. The van der Waals surface area contributed by atoms with E-state index in [0.717, 1.165) is 34.7 Å². The first kappa shape index (κ1) is 21.9. The lowest BCUT2D eigenvalue weighted by molar-refractivity contribution is -0.115. The van der Waals surface area contributed by atoms with Crippen LogP contribution in [0.15, 0.2) is 41.6 Å². The van der Waals surface area contributed by atoms with Crippen molar-refractivity contribution < 1.29 is 13.9 Å². The van der Waals surface area contributed by atoms with Gasteiger partial charge in [0, 0.05) is 5.02 Å². The number of carbonyl (C=O) groups is 1. The lowest BCUT2D eigenvalue weighted by Gasteiger charge is -2.13. The van der Waals surface area contributed by atoms with Crippen LogP contribution in [-0.2, 0) is 11.4 Å². The summed E-state index contributed by atoms with van der Waals surface area (Å²) in [5.74, 6) is 6.24. The van der Waals surface area contributed by atoms with Crippen LogP contribution in [0.5, 0.6) is 5.75 Å². The Morgan fingerprint density at radius 1 is 1.30 bits per heavy atom. The van der Waals surface area contributed by atoms with Gasteiger partial charge in [-0.25, -0.2) is 9.07 Å². The molecule has 3 N–H and O–H groups in total. The van der Waals surface area contributed by atoms with E-state index in [9.17, 15) is 9.18 Å². The van der Waals surface area contributed by atoms with Crippen LogP contribution in [0.1, 0.15) is 23.9 Å². The number of halogens is 2. The van der Waals surface area contributed by atoms with Crippen molar-refractivity contribution in [1.29, 1.82) is 0 Å². The molecule has 30 heavy (non-hydrogen) atoms. The molecule has 1 unspecified atom stereocenters. The van der Waals surface area contributed by atoms with Crippen molar-refractivity contribution in [2.45, 2.75) is 37.8 Å². The highest BCUT2D eigenvalue weighted by molar-refractivity contribution is 8.00. The number of anilines is 1. The molecule has 10 heteroatoms. The third-order valence-electron chi connectivity index (χ3n) is 4.33. The van der Waals surface area contributed by atoms with Gasteiger partial charge in [-0.05, 0) is 50.1 Å². The summed E-state index contributed by atoms with van der Waals surface area (Å²) in [6.07, 6.45) is 0. The second-order valence-corrected chi connectivity index (χ2v) is 8.40. The van der Waals surface area contributed by atoms with Gasteiger partial charge < -0.3 is 15.9 Å². The molecule has 1 aromatic heterocycles. The maximum atomic E-state index is 13.9. The number of nitrogens with two attached hydrogens (primary N) is 1. The molecule has 0 aliphatic heterocycles. The van der Waals surface area contributed by atoms with Crippen molar-refractivity contribution in [2.24, 2.45) is 0 Å². The number of ether oxygens (including phenoxy) is 1. The van der Waals surface area contributed by atoms with E-state index < -0.39 is 17.0 Å². The normalized spacial score (nSPS) is 11.9. The fourth-order valence-electron chi connectivity index (χ4n) is 2.69. The zero-order chi connectivity index (χ0) is 21.8. The minimum atomic E-state index is -0.610. The number of nitrogens with zero attached hydrogens (tertiary/aromatic N) is 3. The number of nitrogens with one attached hydrogen (secondary N) is 1. The first-order chi connectivity index (χ1) is 14.3. The predicted octanol–water partition coefficient (Wildman–Crippen LogP) is 4.10. The average molecular weight is 450 g/mol. The maximum absolute atomic E-state index is 13.9. The van der Waals surface area contributed by atoms with Crippen LogP contribution in [0.3, 0.4) is 0 Å². The number of aryl methyl sites for hydroxylation is 2. The van der Waals surface area contributed by atoms with Gasteiger partial charge in [0.2, 0.25) is 11.1 Å². The summed E-state index contributed by atoms with van der Waals surface area (Å²) < 4.78 is 21.0. The maximum Gasteiger partial charge on any atom is 0.237 e. The number of benzene rings is 2. The van der Waals surface area contributed by atoms with Crippen molar-refractivity contribution in [3.05, 3.63) is 64.2 Å². The van der Waals surface area contributed by atoms with E-state index >= 15 is 0 Å². The molecule has 2 aromatic carbocycles. The third kappa shape index (κ3) is 5.03. The topological polar surface area (TPSA) is 95.1 Å². The molecule has 0 aliphatic rings. The summed E-state index contributed by atoms with van der Waals surface area (Å²) in [6.45, 7) is 5.71. The molecule has 3 rings (SSSR count). The number of carbonyl (C=O) groups excluding carboxylic acids is 1. The van der Waals surface area contributed by atoms with E-state index in [1.54, 1.807) is 6.92 Å². The molecular formula is C20H21ClFN5O2S. The standard InChI is InChI=1S/C20H21ClFN5O2S/c1-11-5-4-6-12(2)18(11)29-10-17-25-26-20(27(17)23)30-13(3)19(28)24-16-8-7-14(21)9-15(16)22/h4-9,13H,10,23H2,1-3H3,(H,24,28). The van der Waals surface area contributed by atoms with Gasteiger partial charge in [0.15, 0.2) is 5.82 Å².